The van der Waals surface area contributed by atoms with Crippen molar-refractivity contribution in [1.82, 2.24) is 0 Å². The van der Waals surface area contributed by atoms with E-state index in [4.69, 9.17) is 53.8 Å². The summed E-state index contributed by atoms with van der Waals surface area (Å²) < 4.78 is 41.4. The molecule has 302 valence electrons. The lowest BCUT2D eigenvalue weighted by Crippen LogP contribution is -2.60. The van der Waals surface area contributed by atoms with Crippen LogP contribution in [0.1, 0.15) is 72.6 Å². The average molecular weight is 782 g/mol. The van der Waals surface area contributed by atoms with Gasteiger partial charge in [-0.05, 0) is 60.2 Å². The van der Waals surface area contributed by atoms with Crippen LogP contribution in [0, 0.1) is 5.92 Å². The third kappa shape index (κ3) is 8.17. The van der Waals surface area contributed by atoms with E-state index in [1.165, 1.54) is 0 Å². The molecular weight excluding hydrogens is 734 g/mol. The molecule has 4 aliphatic rings. The summed E-state index contributed by atoms with van der Waals surface area (Å²) in [7, 11) is 0. The minimum absolute atomic E-state index is 0.0309. The van der Waals surface area contributed by atoms with Crippen LogP contribution in [0.3, 0.4) is 0 Å². The summed E-state index contributed by atoms with van der Waals surface area (Å²) in [6.45, 7) is 6.19. The average Bonchev–Trinajstić information content (AvgIpc) is 3.79. The van der Waals surface area contributed by atoms with Gasteiger partial charge in [-0.2, -0.15) is 4.89 Å². The van der Waals surface area contributed by atoms with Gasteiger partial charge in [0, 0.05) is 35.2 Å². The fourth-order valence-electron chi connectivity index (χ4n) is 7.50. The van der Waals surface area contributed by atoms with E-state index in [0.29, 0.717) is 53.7 Å². The molecule has 0 radical (unpaired) electrons. The topological polar surface area (TPSA) is 224 Å². The van der Waals surface area contributed by atoms with Crippen LogP contribution < -0.4 is 29.6 Å². The molecule has 6 N–H and O–H groups in total. The zero-order valence-corrected chi connectivity index (χ0v) is 31.3. The van der Waals surface area contributed by atoms with Crippen molar-refractivity contribution in [1.29, 1.82) is 0 Å². The number of aromatic hydroxyl groups is 1. The molecule has 0 unspecified atom stereocenters. The van der Waals surface area contributed by atoms with Crippen molar-refractivity contribution in [3.8, 4) is 34.5 Å². The molecule has 0 spiro atoms. The van der Waals surface area contributed by atoms with Crippen LogP contribution in [0.15, 0.2) is 36.4 Å². The van der Waals surface area contributed by atoms with Gasteiger partial charge in [-0.25, -0.2) is 0 Å². The van der Waals surface area contributed by atoms with Gasteiger partial charge in [0.25, 0.3) is 0 Å². The van der Waals surface area contributed by atoms with Crippen LogP contribution >= 0.6 is 0 Å². The lowest BCUT2D eigenvalue weighted by Gasteiger charge is -2.41. The molecule has 1 fully saturated rings. The summed E-state index contributed by atoms with van der Waals surface area (Å²) in [5, 5.41) is 41.6. The fourth-order valence-corrected chi connectivity index (χ4v) is 7.50. The Hall–Kier alpha value is -4.84. The molecule has 0 aromatic heterocycles. The normalized spacial score (nSPS) is 24.4. The van der Waals surface area contributed by atoms with Crippen LogP contribution in [-0.4, -0.2) is 96.2 Å². The maximum absolute atomic E-state index is 11.9. The minimum atomic E-state index is -1.68. The Kier molecular flexibility index (Phi) is 11.8. The number of phenolic OH excluding ortho intramolecular Hbond substituents is 1. The number of aryl methyl sites for hydroxylation is 1. The number of carboxylic acids is 1. The molecule has 0 aliphatic carbocycles. The number of hydrogen-bond donors (Lipinski definition) is 5. The molecule has 7 rings (SSSR count). The number of aliphatic hydroxyl groups is 2. The van der Waals surface area contributed by atoms with Gasteiger partial charge in [0.2, 0.25) is 6.79 Å². The first-order valence-corrected chi connectivity index (χ1v) is 18.7. The first-order valence-electron chi connectivity index (χ1n) is 18.7. The molecule has 3 aromatic carbocycles. The van der Waals surface area contributed by atoms with Crippen molar-refractivity contribution in [2.24, 2.45) is 11.7 Å². The van der Waals surface area contributed by atoms with Crippen molar-refractivity contribution < 1.29 is 72.9 Å². The molecule has 56 heavy (non-hydrogen) atoms. The largest absolute Gasteiger partial charge is 0.508 e. The molecule has 16 heteroatoms. The van der Waals surface area contributed by atoms with Gasteiger partial charge in [0.1, 0.15) is 54.7 Å². The standard InChI is InChI=1S/C40H47NO15/c1-4-20-8-21(11-23(42)10-20)9-22-12-29-25(37-27(16-49-29)24-13-30-38(52-18-51-30)26(7-19(2)3)36(24)54-37)14-28(22)55-56-39-35(47)34(46)31(53-40(39)48-6-5-41)17-50-33(45)15-32(43)44/h8,10-14,19,27,31,34-35,37,39-40,42,46-47H,4-7,9,15-18,41H2,1-3H3,(H,43,44)/t27-,31-,34-,35+,37+,39+,40-/m1/s1. The highest BCUT2D eigenvalue weighted by Gasteiger charge is 2.48. The van der Waals surface area contributed by atoms with E-state index in [1.807, 2.05) is 25.1 Å². The van der Waals surface area contributed by atoms with Gasteiger partial charge >= 0.3 is 11.9 Å². The second-order valence-corrected chi connectivity index (χ2v) is 14.7. The van der Waals surface area contributed by atoms with E-state index in [-0.39, 0.29) is 43.8 Å². The van der Waals surface area contributed by atoms with Crippen LogP contribution in [0.5, 0.6) is 34.5 Å². The Balaban J connectivity index is 1.20. The number of aliphatic carboxylic acids is 1. The first-order chi connectivity index (χ1) is 26.9. The molecule has 0 amide bonds. The summed E-state index contributed by atoms with van der Waals surface area (Å²) in [4.78, 5) is 34.7. The van der Waals surface area contributed by atoms with Gasteiger partial charge in [-0.1, -0.05) is 26.8 Å². The van der Waals surface area contributed by atoms with Gasteiger partial charge in [-0.15, -0.1) is 0 Å². The van der Waals surface area contributed by atoms with Gasteiger partial charge in [0.15, 0.2) is 29.6 Å². The molecule has 0 saturated carbocycles. The third-order valence-electron chi connectivity index (χ3n) is 10.1. The predicted octanol–water partition coefficient (Wildman–Crippen LogP) is 3.20. The molecule has 3 aromatic rings. The Bertz CT molecular complexity index is 1930. The maximum Gasteiger partial charge on any atom is 0.317 e. The molecule has 0 bridgehead atoms. The number of carboxylic acid groups (broad SMARTS) is 1. The number of phenols is 1. The number of nitrogens with two attached hydrogens (primary N) is 1. The number of carbonyl (C=O) groups is 2. The second kappa shape index (κ2) is 16.7. The zero-order chi connectivity index (χ0) is 39.7. The number of benzene rings is 3. The van der Waals surface area contributed by atoms with Crippen molar-refractivity contribution in [2.45, 2.75) is 89.2 Å². The van der Waals surface area contributed by atoms with Crippen LogP contribution in [0.2, 0.25) is 0 Å². The smallest absolute Gasteiger partial charge is 0.317 e. The second-order valence-electron chi connectivity index (χ2n) is 14.7. The first kappa shape index (κ1) is 39.4. The van der Waals surface area contributed by atoms with Gasteiger partial charge < -0.3 is 64.2 Å². The van der Waals surface area contributed by atoms with Crippen molar-refractivity contribution in [3.05, 3.63) is 69.8 Å². The summed E-state index contributed by atoms with van der Waals surface area (Å²) in [5.41, 5.74) is 10.6. The number of carbonyl (C=O) groups excluding carboxylic acids is 1. The highest BCUT2D eigenvalue weighted by Crippen LogP contribution is 2.57. The number of ether oxygens (including phenoxy) is 7. The van der Waals surface area contributed by atoms with Gasteiger partial charge in [-0.3, -0.25) is 9.59 Å². The van der Waals surface area contributed by atoms with E-state index >= 15 is 0 Å². The number of aliphatic hydroxyl groups excluding tert-OH is 2. The summed E-state index contributed by atoms with van der Waals surface area (Å²) in [6, 6.07) is 10.9. The number of rotatable bonds is 15. The van der Waals surface area contributed by atoms with Gasteiger partial charge in [0.05, 0.1) is 19.1 Å². The molecule has 4 aliphatic heterocycles. The summed E-state index contributed by atoms with van der Waals surface area (Å²) in [5.74, 6) is 0.699. The highest BCUT2D eigenvalue weighted by atomic mass is 17.2. The number of fused-ring (bicyclic) bond motifs is 6. The quantitative estimate of drug-likeness (QED) is 0.0646. The van der Waals surface area contributed by atoms with E-state index in [0.717, 1.165) is 28.0 Å². The van der Waals surface area contributed by atoms with Crippen LogP contribution in [0.4, 0.5) is 0 Å². The molecule has 16 nitrogen and oxygen atoms in total. The van der Waals surface area contributed by atoms with E-state index < -0.39 is 61.8 Å². The monoisotopic (exact) mass is 781 g/mol. The summed E-state index contributed by atoms with van der Waals surface area (Å²) in [6.07, 6.45) is -7.09. The van der Waals surface area contributed by atoms with Crippen molar-refractivity contribution in [3.63, 3.8) is 0 Å². The molecular formula is C40H47NO15. The molecule has 7 atom stereocenters. The van der Waals surface area contributed by atoms with E-state index in [9.17, 15) is 24.9 Å². The Morgan fingerprint density at radius 1 is 0.964 bits per heavy atom. The fraction of sp³-hybridized carbons (Fsp3) is 0.500. The molecule has 1 saturated heterocycles. The van der Waals surface area contributed by atoms with Crippen molar-refractivity contribution >= 4 is 11.9 Å². The summed E-state index contributed by atoms with van der Waals surface area (Å²) >= 11 is 0. The Morgan fingerprint density at radius 2 is 1.77 bits per heavy atom. The van der Waals surface area contributed by atoms with Crippen LogP contribution in [-0.2, 0) is 47.9 Å². The van der Waals surface area contributed by atoms with E-state index in [2.05, 4.69) is 13.8 Å². The van der Waals surface area contributed by atoms with Crippen LogP contribution in [0.25, 0.3) is 0 Å². The van der Waals surface area contributed by atoms with Crippen molar-refractivity contribution in [2.75, 3.05) is 33.2 Å². The number of esters is 1. The Labute approximate surface area is 322 Å². The number of hydrogen-bond acceptors (Lipinski definition) is 15. The minimum Gasteiger partial charge on any atom is -0.508 e. The maximum atomic E-state index is 11.9. The SMILES string of the molecule is CCc1cc(O)cc(Cc2cc3c(cc2OO[C@@H]2[C@H](OCCN)O[C@H](COC(=O)CC(=O)O)[C@@H](O)[C@@H]2O)[C@@H]2Oc4c(cc5c(c4CC(C)C)OCO5)[C@H]2CO3)c1. The highest BCUT2D eigenvalue weighted by molar-refractivity contribution is 5.90. The third-order valence-corrected chi connectivity index (χ3v) is 10.1. The van der Waals surface area contributed by atoms with E-state index in [1.54, 1.807) is 18.2 Å². The Morgan fingerprint density at radius 3 is 2.52 bits per heavy atom. The lowest BCUT2D eigenvalue weighted by atomic mass is 9.86. The zero-order valence-electron chi connectivity index (χ0n) is 31.3. The lowest BCUT2D eigenvalue weighted by molar-refractivity contribution is -0.372. The molecule has 4 heterocycles. The predicted molar refractivity (Wildman–Crippen MR) is 194 cm³/mol.